The van der Waals surface area contributed by atoms with Crippen LogP contribution in [0, 0.1) is 5.82 Å². The van der Waals surface area contributed by atoms with Gasteiger partial charge < -0.3 is 14.5 Å². The fourth-order valence-corrected chi connectivity index (χ4v) is 4.58. The van der Waals surface area contributed by atoms with Crippen molar-refractivity contribution < 1.29 is 13.9 Å². The molecule has 1 aliphatic heterocycles. The number of piperazine rings is 1. The first kappa shape index (κ1) is 22.7. The molecule has 0 spiro atoms. The van der Waals surface area contributed by atoms with Crippen LogP contribution in [0.4, 0.5) is 10.1 Å². The minimum atomic E-state index is -0.454. The van der Waals surface area contributed by atoms with Gasteiger partial charge in [0.1, 0.15) is 18.1 Å². The Morgan fingerprint density at radius 1 is 0.892 bits per heavy atom. The number of carbonyl (C=O) groups is 1. The number of aromatic nitrogens is 4. The molecule has 1 saturated heterocycles. The summed E-state index contributed by atoms with van der Waals surface area (Å²) in [6.07, 6.45) is 0. The Morgan fingerprint density at radius 3 is 2.38 bits per heavy atom. The van der Waals surface area contributed by atoms with Crippen molar-refractivity contribution in [2.75, 3.05) is 31.1 Å². The lowest BCUT2D eigenvalue weighted by Crippen LogP contribution is -2.50. The Hall–Kier alpha value is -4.73. The van der Waals surface area contributed by atoms with Crippen LogP contribution in [0.1, 0.15) is 0 Å². The minimum absolute atomic E-state index is 0.173. The largest absolute Gasteiger partial charge is 0.436 e. The molecule has 0 atom stereocenters. The van der Waals surface area contributed by atoms with Crippen LogP contribution >= 0.6 is 0 Å². The van der Waals surface area contributed by atoms with E-state index in [1.54, 1.807) is 47.4 Å². The molecule has 3 aromatic carbocycles. The molecule has 37 heavy (non-hydrogen) atoms. The second kappa shape index (κ2) is 9.38. The summed E-state index contributed by atoms with van der Waals surface area (Å²) in [5.41, 5.74) is 1.43. The normalized spacial score (nSPS) is 13.9. The molecule has 2 aromatic heterocycles. The van der Waals surface area contributed by atoms with Gasteiger partial charge in [0.25, 0.3) is 5.88 Å². The van der Waals surface area contributed by atoms with E-state index in [1.165, 1.54) is 10.5 Å². The number of hydrogen-bond acceptors (Lipinski definition) is 6. The number of para-hydroxylation sites is 4. The zero-order valence-corrected chi connectivity index (χ0v) is 19.8. The van der Waals surface area contributed by atoms with Crippen LogP contribution < -0.4 is 15.3 Å². The standard InChI is InChI=1S/C27H23FN6O3/c28-20-10-4-6-12-22(20)31-14-16-32(17-15-31)24(35)18-33-27(36)34-23-13-7-5-11-21(23)29-26(25(34)30-33)37-19-8-2-1-3-9-19/h1-13H,14-18H2. The SMILES string of the molecule is O=C(Cn1nc2c(Oc3ccccc3)nc3ccccc3n2c1=O)N1CCN(c2ccccc2F)CC1. The predicted molar refractivity (Wildman–Crippen MR) is 136 cm³/mol. The van der Waals surface area contributed by atoms with E-state index in [0.717, 1.165) is 4.68 Å². The third-order valence-corrected chi connectivity index (χ3v) is 6.44. The highest BCUT2D eigenvalue weighted by atomic mass is 19.1. The lowest BCUT2D eigenvalue weighted by atomic mass is 10.2. The second-order valence-corrected chi connectivity index (χ2v) is 8.74. The van der Waals surface area contributed by atoms with Gasteiger partial charge >= 0.3 is 5.69 Å². The van der Waals surface area contributed by atoms with Crippen molar-refractivity contribution in [3.8, 4) is 11.6 Å². The quantitative estimate of drug-likeness (QED) is 0.370. The number of hydrogen-bond donors (Lipinski definition) is 0. The summed E-state index contributed by atoms with van der Waals surface area (Å²) in [5.74, 6) is 0.207. The molecule has 0 N–H and O–H groups in total. The van der Waals surface area contributed by atoms with E-state index in [2.05, 4.69) is 10.1 Å². The van der Waals surface area contributed by atoms with Gasteiger partial charge in [-0.3, -0.25) is 4.79 Å². The number of anilines is 1. The van der Waals surface area contributed by atoms with Crippen LogP contribution in [0.3, 0.4) is 0 Å². The molecule has 6 rings (SSSR count). The lowest BCUT2D eigenvalue weighted by molar-refractivity contribution is -0.132. The Kier molecular flexibility index (Phi) is 5.76. The summed E-state index contributed by atoms with van der Waals surface area (Å²) in [4.78, 5) is 34.7. The van der Waals surface area contributed by atoms with Crippen LogP contribution in [-0.2, 0) is 11.3 Å². The topological polar surface area (TPSA) is 85.0 Å². The first-order valence-corrected chi connectivity index (χ1v) is 12.0. The van der Waals surface area contributed by atoms with Crippen molar-refractivity contribution in [1.82, 2.24) is 24.1 Å². The summed E-state index contributed by atoms with van der Waals surface area (Å²) in [6, 6.07) is 22.9. The van der Waals surface area contributed by atoms with Crippen molar-refractivity contribution in [2.45, 2.75) is 6.54 Å². The molecule has 9 nitrogen and oxygen atoms in total. The van der Waals surface area contributed by atoms with Crippen molar-refractivity contribution in [3.63, 3.8) is 0 Å². The number of ether oxygens (including phenoxy) is 1. The average molecular weight is 499 g/mol. The Morgan fingerprint density at radius 2 is 1.59 bits per heavy atom. The minimum Gasteiger partial charge on any atom is -0.436 e. The molecule has 1 amide bonds. The average Bonchev–Trinajstić information content (AvgIpc) is 3.26. The number of rotatable bonds is 5. The summed E-state index contributed by atoms with van der Waals surface area (Å²) < 4.78 is 22.7. The van der Waals surface area contributed by atoms with Gasteiger partial charge in [-0.15, -0.1) is 5.10 Å². The molecule has 1 fully saturated rings. The van der Waals surface area contributed by atoms with Gasteiger partial charge in [-0.2, -0.15) is 0 Å². The van der Waals surface area contributed by atoms with Crippen LogP contribution in [0.25, 0.3) is 16.7 Å². The van der Waals surface area contributed by atoms with Crippen molar-refractivity contribution in [2.24, 2.45) is 0 Å². The zero-order chi connectivity index (χ0) is 25.4. The third-order valence-electron chi connectivity index (χ3n) is 6.44. The van der Waals surface area contributed by atoms with Crippen molar-refractivity contribution >= 4 is 28.3 Å². The molecule has 0 unspecified atom stereocenters. The molecular formula is C27H23FN6O3. The van der Waals surface area contributed by atoms with E-state index in [0.29, 0.717) is 48.6 Å². The molecule has 3 heterocycles. The number of nitrogens with zero attached hydrogens (tertiary/aromatic N) is 6. The van der Waals surface area contributed by atoms with Crippen molar-refractivity contribution in [1.29, 1.82) is 0 Å². The highest BCUT2D eigenvalue weighted by Gasteiger charge is 2.25. The van der Waals surface area contributed by atoms with E-state index in [-0.39, 0.29) is 29.8 Å². The van der Waals surface area contributed by atoms with Gasteiger partial charge in [0, 0.05) is 26.2 Å². The summed E-state index contributed by atoms with van der Waals surface area (Å²) in [5, 5.41) is 4.44. The first-order chi connectivity index (χ1) is 18.1. The molecule has 10 heteroatoms. The highest BCUT2D eigenvalue weighted by molar-refractivity contribution is 5.80. The maximum atomic E-state index is 14.2. The number of halogens is 1. The van der Waals surface area contributed by atoms with Crippen LogP contribution in [0.2, 0.25) is 0 Å². The van der Waals surface area contributed by atoms with Gasteiger partial charge in [-0.05, 0) is 36.4 Å². The van der Waals surface area contributed by atoms with Gasteiger partial charge in [-0.25, -0.2) is 23.3 Å². The van der Waals surface area contributed by atoms with Crippen LogP contribution in [0.15, 0.2) is 83.7 Å². The van der Waals surface area contributed by atoms with Gasteiger partial charge in [0.2, 0.25) is 11.6 Å². The Balaban J connectivity index is 1.28. The predicted octanol–water partition coefficient (Wildman–Crippen LogP) is 3.32. The second-order valence-electron chi connectivity index (χ2n) is 8.74. The Bertz CT molecular complexity index is 1660. The van der Waals surface area contributed by atoms with Crippen LogP contribution in [0.5, 0.6) is 11.6 Å². The lowest BCUT2D eigenvalue weighted by Gasteiger charge is -2.36. The van der Waals surface area contributed by atoms with E-state index >= 15 is 0 Å². The summed E-state index contributed by atoms with van der Waals surface area (Å²) >= 11 is 0. The maximum absolute atomic E-state index is 14.2. The fourth-order valence-electron chi connectivity index (χ4n) is 4.58. The molecule has 0 radical (unpaired) electrons. The third kappa shape index (κ3) is 4.26. The highest BCUT2D eigenvalue weighted by Crippen LogP contribution is 2.26. The Labute approximate surface area is 210 Å². The zero-order valence-electron chi connectivity index (χ0n) is 19.8. The fraction of sp³-hybridized carbons (Fsp3) is 0.185. The van der Waals surface area contributed by atoms with Gasteiger partial charge in [0.15, 0.2) is 0 Å². The van der Waals surface area contributed by atoms with E-state index in [9.17, 15) is 14.0 Å². The van der Waals surface area contributed by atoms with E-state index < -0.39 is 5.69 Å². The summed E-state index contributed by atoms with van der Waals surface area (Å²) in [7, 11) is 0. The monoisotopic (exact) mass is 498 g/mol. The first-order valence-electron chi connectivity index (χ1n) is 12.0. The molecule has 0 saturated carbocycles. The molecule has 5 aromatic rings. The number of carbonyl (C=O) groups excluding carboxylic acids is 1. The number of amides is 1. The molecule has 1 aliphatic rings. The van der Waals surface area contributed by atoms with Crippen molar-refractivity contribution in [3.05, 3.63) is 95.2 Å². The van der Waals surface area contributed by atoms with Gasteiger partial charge in [0.05, 0.1) is 16.7 Å². The number of fused-ring (bicyclic) bond motifs is 3. The summed E-state index contributed by atoms with van der Waals surface area (Å²) in [6.45, 7) is 1.61. The molecule has 0 bridgehead atoms. The van der Waals surface area contributed by atoms with Crippen LogP contribution in [-0.4, -0.2) is 56.2 Å². The smallest absolute Gasteiger partial charge is 0.351 e. The molecular weight excluding hydrogens is 475 g/mol. The molecule has 0 aliphatic carbocycles. The number of benzene rings is 3. The maximum Gasteiger partial charge on any atom is 0.351 e. The molecule has 186 valence electrons. The van der Waals surface area contributed by atoms with Gasteiger partial charge in [-0.1, -0.05) is 42.5 Å². The van der Waals surface area contributed by atoms with E-state index in [4.69, 9.17) is 4.74 Å². The van der Waals surface area contributed by atoms with E-state index in [1.807, 2.05) is 35.2 Å².